The molecule has 2 heterocycles. The van der Waals surface area contributed by atoms with Crippen molar-refractivity contribution >= 4 is 5.69 Å². The number of pyridine rings is 1. The lowest BCUT2D eigenvalue weighted by molar-refractivity contribution is 0.0924. The van der Waals surface area contributed by atoms with Crippen molar-refractivity contribution in [2.24, 2.45) is 0 Å². The quantitative estimate of drug-likeness (QED) is 0.581. The number of halogens is 1. The Labute approximate surface area is 174 Å². The predicted molar refractivity (Wildman–Crippen MR) is 113 cm³/mol. The molecule has 0 bridgehead atoms. The molecule has 0 saturated carbocycles. The lowest BCUT2D eigenvalue weighted by atomic mass is 10.1. The Morgan fingerprint density at radius 2 is 1.63 bits per heavy atom. The van der Waals surface area contributed by atoms with Crippen LogP contribution in [-0.4, -0.2) is 48.0 Å². The molecule has 3 N–H and O–H groups in total. The SMILES string of the molecule is OC[C@H](O)c1cc(N2CCNCC2)cc(-c2ccc(Oc3ccc(F)cc3)cc2)n1. The Balaban J connectivity index is 1.60. The van der Waals surface area contributed by atoms with E-state index in [2.05, 4.69) is 15.2 Å². The fourth-order valence-corrected chi connectivity index (χ4v) is 3.39. The van der Waals surface area contributed by atoms with Crippen LogP contribution in [-0.2, 0) is 0 Å². The molecule has 1 aliphatic rings. The van der Waals surface area contributed by atoms with E-state index in [0.717, 1.165) is 37.4 Å². The standard InChI is InChI=1S/C23H24FN3O3/c24-17-3-7-20(8-4-17)30-19-5-1-16(2-6-19)21-13-18(27-11-9-25-10-12-27)14-22(26-21)23(29)15-28/h1-8,13-14,23,25,28-29H,9-12,15H2/t23-/m0/s1. The third kappa shape index (κ3) is 4.76. The van der Waals surface area contributed by atoms with Crippen LogP contribution in [0.25, 0.3) is 11.3 Å². The molecule has 0 amide bonds. The summed E-state index contributed by atoms with van der Waals surface area (Å²) < 4.78 is 18.8. The Morgan fingerprint density at radius 3 is 2.27 bits per heavy atom. The summed E-state index contributed by atoms with van der Waals surface area (Å²) in [6.07, 6.45) is -1.03. The Bertz CT molecular complexity index is 974. The van der Waals surface area contributed by atoms with Crippen molar-refractivity contribution in [1.82, 2.24) is 10.3 Å². The van der Waals surface area contributed by atoms with E-state index in [9.17, 15) is 14.6 Å². The second kappa shape index (κ2) is 9.21. The van der Waals surface area contributed by atoms with Crippen molar-refractivity contribution in [1.29, 1.82) is 0 Å². The number of benzene rings is 2. The third-order valence-corrected chi connectivity index (χ3v) is 5.03. The predicted octanol–water partition coefficient (Wildman–Crippen LogP) is 3.12. The van der Waals surface area contributed by atoms with Crippen molar-refractivity contribution in [3.63, 3.8) is 0 Å². The summed E-state index contributed by atoms with van der Waals surface area (Å²) in [6, 6.07) is 17.1. The third-order valence-electron chi connectivity index (χ3n) is 5.03. The molecule has 3 aromatic rings. The van der Waals surface area contributed by atoms with Crippen molar-refractivity contribution < 1.29 is 19.3 Å². The van der Waals surface area contributed by atoms with E-state index in [-0.39, 0.29) is 12.4 Å². The molecule has 0 spiro atoms. The van der Waals surface area contributed by atoms with E-state index >= 15 is 0 Å². The molecule has 0 aliphatic carbocycles. The van der Waals surface area contributed by atoms with Gasteiger partial charge in [0.2, 0.25) is 0 Å². The number of piperazine rings is 1. The Kier molecular flexibility index (Phi) is 6.23. The van der Waals surface area contributed by atoms with Gasteiger partial charge in [0.25, 0.3) is 0 Å². The lowest BCUT2D eigenvalue weighted by Crippen LogP contribution is -2.43. The average molecular weight is 409 g/mol. The summed E-state index contributed by atoms with van der Waals surface area (Å²) in [6.45, 7) is 3.13. The number of nitrogens with one attached hydrogen (secondary N) is 1. The van der Waals surface area contributed by atoms with E-state index in [0.29, 0.717) is 22.9 Å². The first-order valence-electron chi connectivity index (χ1n) is 9.93. The van der Waals surface area contributed by atoms with E-state index in [1.165, 1.54) is 12.1 Å². The number of ether oxygens (including phenoxy) is 1. The molecule has 4 rings (SSSR count). The minimum absolute atomic E-state index is 0.311. The maximum atomic E-state index is 13.0. The number of hydrogen-bond acceptors (Lipinski definition) is 6. The van der Waals surface area contributed by atoms with Crippen LogP contribution < -0.4 is 15.0 Å². The number of aliphatic hydroxyl groups is 2. The summed E-state index contributed by atoms with van der Waals surface area (Å²) in [5.41, 5.74) is 2.98. The zero-order valence-electron chi connectivity index (χ0n) is 16.5. The Hall–Kier alpha value is -3.00. The molecule has 6 nitrogen and oxygen atoms in total. The average Bonchev–Trinajstić information content (AvgIpc) is 2.81. The van der Waals surface area contributed by atoms with Crippen molar-refractivity contribution in [3.8, 4) is 22.8 Å². The van der Waals surface area contributed by atoms with Gasteiger partial charge in [0.1, 0.15) is 23.4 Å². The molecule has 1 aromatic heterocycles. The molecule has 1 saturated heterocycles. The monoisotopic (exact) mass is 409 g/mol. The number of rotatable bonds is 6. The highest BCUT2D eigenvalue weighted by Gasteiger charge is 2.17. The summed E-state index contributed by atoms with van der Waals surface area (Å²) in [5.74, 6) is 0.865. The van der Waals surface area contributed by atoms with Crippen LogP contribution in [0.5, 0.6) is 11.5 Å². The molecule has 1 aliphatic heterocycles. The molecular formula is C23H24FN3O3. The number of hydrogen-bond donors (Lipinski definition) is 3. The zero-order valence-corrected chi connectivity index (χ0v) is 16.5. The van der Waals surface area contributed by atoms with Crippen LogP contribution in [0.2, 0.25) is 0 Å². The largest absolute Gasteiger partial charge is 0.457 e. The number of aliphatic hydroxyl groups excluding tert-OH is 2. The van der Waals surface area contributed by atoms with Gasteiger partial charge in [-0.1, -0.05) is 0 Å². The van der Waals surface area contributed by atoms with E-state index in [1.807, 2.05) is 36.4 Å². The molecule has 30 heavy (non-hydrogen) atoms. The minimum atomic E-state index is -1.03. The highest BCUT2D eigenvalue weighted by Crippen LogP contribution is 2.29. The summed E-state index contributed by atoms with van der Waals surface area (Å²) in [4.78, 5) is 6.80. The maximum absolute atomic E-state index is 13.0. The molecule has 7 heteroatoms. The number of nitrogens with zero attached hydrogens (tertiary/aromatic N) is 2. The van der Waals surface area contributed by atoms with Crippen molar-refractivity contribution in [2.75, 3.05) is 37.7 Å². The van der Waals surface area contributed by atoms with E-state index < -0.39 is 6.10 Å². The van der Waals surface area contributed by atoms with Gasteiger partial charge >= 0.3 is 0 Å². The highest BCUT2D eigenvalue weighted by molar-refractivity contribution is 5.66. The first kappa shape index (κ1) is 20.3. The van der Waals surface area contributed by atoms with E-state index in [1.54, 1.807) is 12.1 Å². The van der Waals surface area contributed by atoms with Crippen LogP contribution in [0.3, 0.4) is 0 Å². The summed E-state index contributed by atoms with van der Waals surface area (Å²) >= 11 is 0. The normalized spacial score (nSPS) is 15.1. The van der Waals surface area contributed by atoms with Gasteiger partial charge in [0.15, 0.2) is 0 Å². The molecule has 1 atom stereocenters. The fraction of sp³-hybridized carbons (Fsp3) is 0.261. The summed E-state index contributed by atoms with van der Waals surface area (Å²) in [7, 11) is 0. The first-order valence-corrected chi connectivity index (χ1v) is 9.93. The molecule has 156 valence electrons. The van der Waals surface area contributed by atoms with Gasteiger partial charge in [-0.15, -0.1) is 0 Å². The van der Waals surface area contributed by atoms with Crippen LogP contribution >= 0.6 is 0 Å². The van der Waals surface area contributed by atoms with Gasteiger partial charge in [-0.05, 0) is 60.7 Å². The van der Waals surface area contributed by atoms with Crippen molar-refractivity contribution in [2.45, 2.75) is 6.10 Å². The maximum Gasteiger partial charge on any atom is 0.127 e. The van der Waals surface area contributed by atoms with Crippen LogP contribution in [0.15, 0.2) is 60.7 Å². The zero-order chi connectivity index (χ0) is 20.9. The van der Waals surface area contributed by atoms with E-state index in [4.69, 9.17) is 4.74 Å². The number of anilines is 1. The van der Waals surface area contributed by atoms with Gasteiger partial charge in [-0.25, -0.2) is 9.37 Å². The molecular weight excluding hydrogens is 385 g/mol. The highest BCUT2D eigenvalue weighted by atomic mass is 19.1. The lowest BCUT2D eigenvalue weighted by Gasteiger charge is -2.30. The minimum Gasteiger partial charge on any atom is -0.457 e. The van der Waals surface area contributed by atoms with Gasteiger partial charge < -0.3 is 25.2 Å². The molecule has 0 radical (unpaired) electrons. The van der Waals surface area contributed by atoms with Gasteiger partial charge in [0.05, 0.1) is 18.0 Å². The molecule has 1 fully saturated rings. The number of aromatic nitrogens is 1. The summed E-state index contributed by atoms with van der Waals surface area (Å²) in [5, 5.41) is 22.9. The Morgan fingerprint density at radius 1 is 1.00 bits per heavy atom. The fourth-order valence-electron chi connectivity index (χ4n) is 3.39. The van der Waals surface area contributed by atoms with Gasteiger partial charge in [0, 0.05) is 37.4 Å². The second-order valence-corrected chi connectivity index (χ2v) is 7.15. The molecule has 2 aromatic carbocycles. The van der Waals surface area contributed by atoms with Crippen molar-refractivity contribution in [3.05, 3.63) is 72.2 Å². The van der Waals surface area contributed by atoms with Gasteiger partial charge in [-0.3, -0.25) is 0 Å². The van der Waals surface area contributed by atoms with Crippen LogP contribution in [0.4, 0.5) is 10.1 Å². The van der Waals surface area contributed by atoms with Gasteiger partial charge in [-0.2, -0.15) is 0 Å². The smallest absolute Gasteiger partial charge is 0.127 e. The van der Waals surface area contributed by atoms with Crippen LogP contribution in [0.1, 0.15) is 11.8 Å². The topological polar surface area (TPSA) is 77.9 Å². The molecule has 0 unspecified atom stereocenters. The second-order valence-electron chi connectivity index (χ2n) is 7.15. The first-order chi connectivity index (χ1) is 14.6. The van der Waals surface area contributed by atoms with Crippen LogP contribution in [0, 0.1) is 5.82 Å².